The Morgan fingerprint density at radius 3 is 2.80 bits per heavy atom. The normalized spacial score (nSPS) is 11.0. The largest absolute Gasteiger partial charge is 0.382 e. The lowest BCUT2D eigenvalue weighted by Gasteiger charge is -2.13. The predicted molar refractivity (Wildman–Crippen MR) is 113 cm³/mol. The molecule has 3 rings (SSSR count). The van der Waals surface area contributed by atoms with E-state index in [0.29, 0.717) is 48.3 Å². The average molecular weight is 433 g/mol. The Labute approximate surface area is 176 Å². The summed E-state index contributed by atoms with van der Waals surface area (Å²) in [5.74, 6) is -2.16. The Morgan fingerprint density at radius 2 is 2.03 bits per heavy atom. The molecule has 0 aliphatic rings. The van der Waals surface area contributed by atoms with Crippen LogP contribution in [0, 0.1) is 11.6 Å². The summed E-state index contributed by atoms with van der Waals surface area (Å²) in [6, 6.07) is 9.92. The van der Waals surface area contributed by atoms with Gasteiger partial charge >= 0.3 is 0 Å². The molecule has 6 nitrogen and oxygen atoms in total. The van der Waals surface area contributed by atoms with Crippen molar-refractivity contribution in [3.05, 3.63) is 64.5 Å². The number of carbonyl (C=O) groups is 1. The van der Waals surface area contributed by atoms with E-state index in [4.69, 9.17) is 4.74 Å². The molecule has 0 radical (unpaired) electrons. The zero-order valence-electron chi connectivity index (χ0n) is 16.4. The van der Waals surface area contributed by atoms with E-state index in [1.165, 1.54) is 4.57 Å². The fourth-order valence-electron chi connectivity index (χ4n) is 2.83. The Kier molecular flexibility index (Phi) is 7.53. The standard InChI is InChI=1S/C21H21F2N3O3S/c1-2-29-11-5-10-26-20(28)15-6-3-4-7-17(15)25-21(26)30-13-19(27)24-18-9-8-14(22)12-16(18)23/h3-4,6-9,12H,2,5,10-11,13H2,1H3,(H,24,27). The number of hydrogen-bond donors (Lipinski definition) is 1. The maximum atomic E-state index is 13.7. The summed E-state index contributed by atoms with van der Waals surface area (Å²) in [6.07, 6.45) is 0.619. The fraction of sp³-hybridized carbons (Fsp3) is 0.286. The topological polar surface area (TPSA) is 73.2 Å². The van der Waals surface area contributed by atoms with E-state index in [-0.39, 0.29) is 17.0 Å². The van der Waals surface area contributed by atoms with Crippen molar-refractivity contribution in [3.8, 4) is 0 Å². The number of anilines is 1. The quantitative estimate of drug-likeness (QED) is 0.315. The number of benzene rings is 2. The molecule has 158 valence electrons. The minimum atomic E-state index is -0.856. The lowest BCUT2D eigenvalue weighted by Crippen LogP contribution is -2.25. The van der Waals surface area contributed by atoms with E-state index >= 15 is 0 Å². The van der Waals surface area contributed by atoms with Crippen molar-refractivity contribution in [1.29, 1.82) is 0 Å². The molecule has 0 saturated heterocycles. The van der Waals surface area contributed by atoms with Crippen molar-refractivity contribution < 1.29 is 18.3 Å². The van der Waals surface area contributed by atoms with Crippen molar-refractivity contribution in [1.82, 2.24) is 9.55 Å². The Balaban J connectivity index is 1.77. The number of amides is 1. The summed E-state index contributed by atoms with van der Waals surface area (Å²) in [5.41, 5.74) is 0.239. The van der Waals surface area contributed by atoms with Crippen molar-refractivity contribution in [3.63, 3.8) is 0 Å². The van der Waals surface area contributed by atoms with Crippen LogP contribution in [0.1, 0.15) is 13.3 Å². The first kappa shape index (κ1) is 21.9. The van der Waals surface area contributed by atoms with Crippen LogP contribution in [0.25, 0.3) is 10.9 Å². The number of rotatable bonds is 9. The van der Waals surface area contributed by atoms with Gasteiger partial charge in [0.15, 0.2) is 5.16 Å². The number of ether oxygens (including phenoxy) is 1. The first-order valence-electron chi connectivity index (χ1n) is 9.44. The molecule has 0 atom stereocenters. The third kappa shape index (κ3) is 5.43. The van der Waals surface area contributed by atoms with Crippen molar-refractivity contribution in [2.45, 2.75) is 25.0 Å². The van der Waals surface area contributed by atoms with Crippen LogP contribution in [0.3, 0.4) is 0 Å². The molecule has 9 heteroatoms. The second kappa shape index (κ2) is 10.3. The highest BCUT2D eigenvalue weighted by Crippen LogP contribution is 2.20. The minimum Gasteiger partial charge on any atom is -0.382 e. The molecule has 1 N–H and O–H groups in total. The second-order valence-corrected chi connectivity index (χ2v) is 7.32. The number of nitrogens with one attached hydrogen (secondary N) is 1. The molecule has 30 heavy (non-hydrogen) atoms. The molecule has 1 aromatic heterocycles. The number of fused-ring (bicyclic) bond motifs is 1. The smallest absolute Gasteiger partial charge is 0.262 e. The maximum Gasteiger partial charge on any atom is 0.262 e. The minimum absolute atomic E-state index is 0.0902. The van der Waals surface area contributed by atoms with Gasteiger partial charge in [0.25, 0.3) is 5.56 Å². The van der Waals surface area contributed by atoms with Crippen LogP contribution >= 0.6 is 11.8 Å². The van der Waals surface area contributed by atoms with Crippen molar-refractivity contribution in [2.24, 2.45) is 0 Å². The number of nitrogens with zero attached hydrogens (tertiary/aromatic N) is 2. The number of hydrogen-bond acceptors (Lipinski definition) is 5. The molecule has 0 spiro atoms. The van der Waals surface area contributed by atoms with Gasteiger partial charge in [-0.3, -0.25) is 14.2 Å². The number of aromatic nitrogens is 2. The van der Waals surface area contributed by atoms with E-state index in [0.717, 1.165) is 23.9 Å². The van der Waals surface area contributed by atoms with E-state index in [9.17, 15) is 18.4 Å². The third-order valence-electron chi connectivity index (χ3n) is 4.24. The van der Waals surface area contributed by atoms with Crippen LogP contribution in [-0.4, -0.2) is 34.4 Å². The molecule has 2 aromatic carbocycles. The lowest BCUT2D eigenvalue weighted by molar-refractivity contribution is -0.113. The Morgan fingerprint density at radius 1 is 1.23 bits per heavy atom. The van der Waals surface area contributed by atoms with Gasteiger partial charge in [0, 0.05) is 25.8 Å². The lowest BCUT2D eigenvalue weighted by atomic mass is 10.2. The van der Waals surface area contributed by atoms with Gasteiger partial charge in [-0.15, -0.1) is 0 Å². The molecule has 1 heterocycles. The van der Waals surface area contributed by atoms with Crippen LogP contribution in [0.2, 0.25) is 0 Å². The van der Waals surface area contributed by atoms with Gasteiger partial charge in [-0.2, -0.15) is 0 Å². The molecule has 0 aliphatic carbocycles. The van der Waals surface area contributed by atoms with Gasteiger partial charge in [0.05, 0.1) is 22.3 Å². The van der Waals surface area contributed by atoms with Gasteiger partial charge in [0.1, 0.15) is 11.6 Å². The zero-order valence-corrected chi connectivity index (χ0v) is 17.2. The molecule has 0 aliphatic heterocycles. The molecular formula is C21H21F2N3O3S. The first-order valence-corrected chi connectivity index (χ1v) is 10.4. The summed E-state index contributed by atoms with van der Waals surface area (Å²) in [4.78, 5) is 29.7. The summed E-state index contributed by atoms with van der Waals surface area (Å²) in [7, 11) is 0. The van der Waals surface area contributed by atoms with Crippen molar-refractivity contribution in [2.75, 3.05) is 24.3 Å². The van der Waals surface area contributed by atoms with Gasteiger partial charge in [-0.05, 0) is 37.6 Å². The SMILES string of the molecule is CCOCCCn1c(SCC(=O)Nc2ccc(F)cc2F)nc2ccccc2c1=O. The van der Waals surface area contributed by atoms with Gasteiger partial charge in [-0.1, -0.05) is 23.9 Å². The molecule has 1 amide bonds. The molecular weight excluding hydrogens is 412 g/mol. The third-order valence-corrected chi connectivity index (χ3v) is 5.22. The van der Waals surface area contributed by atoms with Crippen LogP contribution in [-0.2, 0) is 16.1 Å². The molecule has 0 saturated carbocycles. The monoisotopic (exact) mass is 433 g/mol. The summed E-state index contributed by atoms with van der Waals surface area (Å²) in [5, 5.41) is 3.29. The van der Waals surface area contributed by atoms with Crippen LogP contribution < -0.4 is 10.9 Å². The highest BCUT2D eigenvalue weighted by atomic mass is 32.2. The van der Waals surface area contributed by atoms with Crippen molar-refractivity contribution >= 4 is 34.3 Å². The number of carbonyl (C=O) groups excluding carboxylic acids is 1. The number of para-hydroxylation sites is 1. The fourth-order valence-corrected chi connectivity index (χ4v) is 3.66. The first-order chi connectivity index (χ1) is 14.5. The second-order valence-electron chi connectivity index (χ2n) is 6.38. The van der Waals surface area contributed by atoms with Gasteiger partial charge < -0.3 is 10.1 Å². The molecule has 0 bridgehead atoms. The van der Waals surface area contributed by atoms with Crippen LogP contribution in [0.4, 0.5) is 14.5 Å². The van der Waals surface area contributed by atoms with E-state index in [1.54, 1.807) is 24.3 Å². The van der Waals surface area contributed by atoms with Gasteiger partial charge in [0.2, 0.25) is 5.91 Å². The molecule has 0 fully saturated rings. The van der Waals surface area contributed by atoms with Crippen LogP contribution in [0.5, 0.6) is 0 Å². The number of halogens is 2. The Bertz CT molecular complexity index is 1100. The van der Waals surface area contributed by atoms with E-state index in [2.05, 4.69) is 10.3 Å². The predicted octanol–water partition coefficient (Wildman–Crippen LogP) is 3.83. The molecule has 3 aromatic rings. The summed E-state index contributed by atoms with van der Waals surface area (Å²) in [6.45, 7) is 3.39. The maximum absolute atomic E-state index is 13.7. The summed E-state index contributed by atoms with van der Waals surface area (Å²) < 4.78 is 33.6. The van der Waals surface area contributed by atoms with E-state index in [1.807, 2.05) is 6.92 Å². The highest BCUT2D eigenvalue weighted by Gasteiger charge is 2.14. The average Bonchev–Trinajstić information content (AvgIpc) is 2.73. The number of thioether (sulfide) groups is 1. The highest BCUT2D eigenvalue weighted by molar-refractivity contribution is 7.99. The van der Waals surface area contributed by atoms with Gasteiger partial charge in [-0.25, -0.2) is 13.8 Å². The molecule has 0 unspecified atom stereocenters. The zero-order chi connectivity index (χ0) is 21.5. The Hall–Kier alpha value is -2.78. The summed E-state index contributed by atoms with van der Waals surface area (Å²) >= 11 is 1.08. The van der Waals surface area contributed by atoms with E-state index < -0.39 is 17.5 Å². The van der Waals surface area contributed by atoms with Crippen LogP contribution in [0.15, 0.2) is 52.4 Å².